The van der Waals surface area contributed by atoms with Crippen LogP contribution in [0.2, 0.25) is 0 Å². The summed E-state index contributed by atoms with van der Waals surface area (Å²) in [7, 11) is 2.15. The van der Waals surface area contributed by atoms with Crippen molar-refractivity contribution in [1.29, 1.82) is 0 Å². The van der Waals surface area contributed by atoms with Gasteiger partial charge in [0.2, 0.25) is 5.91 Å². The normalized spacial score (nSPS) is 15.7. The molecule has 1 amide bonds. The molecule has 1 fully saturated rings. The zero-order valence-corrected chi connectivity index (χ0v) is 17.7. The van der Waals surface area contributed by atoms with Crippen LogP contribution in [0.3, 0.4) is 0 Å². The first-order valence-electron chi connectivity index (χ1n) is 9.36. The molecule has 1 unspecified atom stereocenters. The fraction of sp³-hybridized carbons (Fsp3) is 0.650. The molecule has 150 valence electrons. The largest absolute Gasteiger partial charge is 0.356 e. The summed E-state index contributed by atoms with van der Waals surface area (Å²) in [6, 6.07) is 11.0. The molecular formula is C20H35Cl2N3O. The monoisotopic (exact) mass is 403 g/mol. The smallest absolute Gasteiger partial charge is 0.220 e. The molecule has 1 aliphatic rings. The van der Waals surface area contributed by atoms with Crippen LogP contribution in [-0.4, -0.2) is 43.5 Å². The maximum absolute atomic E-state index is 12.0. The molecular weight excluding hydrogens is 369 g/mol. The number of amides is 1. The van der Waals surface area contributed by atoms with Gasteiger partial charge < -0.3 is 10.6 Å². The first-order chi connectivity index (χ1) is 11.6. The van der Waals surface area contributed by atoms with Gasteiger partial charge in [0, 0.05) is 25.6 Å². The third-order valence-electron chi connectivity index (χ3n) is 5.15. The van der Waals surface area contributed by atoms with Gasteiger partial charge in [-0.3, -0.25) is 9.69 Å². The molecule has 0 spiro atoms. The fourth-order valence-electron chi connectivity index (χ4n) is 3.26. The van der Waals surface area contributed by atoms with Crippen LogP contribution < -0.4 is 10.6 Å². The van der Waals surface area contributed by atoms with E-state index in [0.717, 1.165) is 44.9 Å². The van der Waals surface area contributed by atoms with Crippen molar-refractivity contribution in [2.45, 2.75) is 51.6 Å². The molecule has 1 aliphatic heterocycles. The fourth-order valence-corrected chi connectivity index (χ4v) is 3.26. The quantitative estimate of drug-likeness (QED) is 0.661. The lowest BCUT2D eigenvalue weighted by Gasteiger charge is -2.25. The number of carbonyl (C=O) groups excluding carboxylic acids is 1. The number of piperidine rings is 1. The molecule has 6 heteroatoms. The number of nitrogens with zero attached hydrogens (tertiary/aromatic N) is 1. The first kappa shape index (κ1) is 25.2. The summed E-state index contributed by atoms with van der Waals surface area (Å²) >= 11 is 0. The van der Waals surface area contributed by atoms with Crippen LogP contribution in [0.5, 0.6) is 0 Å². The van der Waals surface area contributed by atoms with Gasteiger partial charge in [0.15, 0.2) is 0 Å². The standard InChI is InChI=1S/C20H33N3O.2ClH/c1-17(23(2)16-19-6-4-3-5-7-19)10-15-22-20(24)9-8-18-11-13-21-14-12-18;;/h3-7,17-18,21H,8-16H2,1-2H3,(H,22,24);2*1H. The lowest BCUT2D eigenvalue weighted by molar-refractivity contribution is -0.121. The van der Waals surface area contributed by atoms with Crippen LogP contribution in [-0.2, 0) is 11.3 Å². The lowest BCUT2D eigenvalue weighted by atomic mass is 9.93. The number of carbonyl (C=O) groups is 1. The molecule has 0 bridgehead atoms. The van der Waals surface area contributed by atoms with Crippen molar-refractivity contribution in [2.24, 2.45) is 5.92 Å². The van der Waals surface area contributed by atoms with E-state index in [-0.39, 0.29) is 30.7 Å². The summed E-state index contributed by atoms with van der Waals surface area (Å²) in [5, 5.41) is 6.46. The summed E-state index contributed by atoms with van der Waals surface area (Å²) in [5.74, 6) is 0.944. The van der Waals surface area contributed by atoms with Gasteiger partial charge in [0.25, 0.3) is 0 Å². The average Bonchev–Trinajstić information content (AvgIpc) is 2.61. The highest BCUT2D eigenvalue weighted by atomic mass is 35.5. The van der Waals surface area contributed by atoms with Crippen molar-refractivity contribution in [3.63, 3.8) is 0 Å². The van der Waals surface area contributed by atoms with E-state index in [9.17, 15) is 4.79 Å². The number of halogens is 2. The van der Waals surface area contributed by atoms with Crippen molar-refractivity contribution in [2.75, 3.05) is 26.7 Å². The molecule has 2 rings (SSSR count). The second kappa shape index (κ2) is 14.3. The van der Waals surface area contributed by atoms with E-state index in [1.54, 1.807) is 0 Å². The van der Waals surface area contributed by atoms with E-state index >= 15 is 0 Å². The molecule has 0 radical (unpaired) electrons. The molecule has 4 nitrogen and oxygen atoms in total. The van der Waals surface area contributed by atoms with Crippen LogP contribution >= 0.6 is 24.8 Å². The minimum absolute atomic E-state index is 0. The molecule has 1 aromatic rings. The molecule has 0 saturated carbocycles. The third-order valence-corrected chi connectivity index (χ3v) is 5.15. The molecule has 1 atom stereocenters. The van der Waals surface area contributed by atoms with Gasteiger partial charge >= 0.3 is 0 Å². The number of hydrogen-bond donors (Lipinski definition) is 2. The van der Waals surface area contributed by atoms with Gasteiger partial charge in [-0.05, 0) is 64.2 Å². The predicted octanol–water partition coefficient (Wildman–Crippen LogP) is 3.64. The summed E-state index contributed by atoms with van der Waals surface area (Å²) in [5.41, 5.74) is 1.33. The molecule has 2 N–H and O–H groups in total. The van der Waals surface area contributed by atoms with Crippen molar-refractivity contribution in [1.82, 2.24) is 15.5 Å². The molecule has 1 saturated heterocycles. The van der Waals surface area contributed by atoms with Gasteiger partial charge in [-0.2, -0.15) is 0 Å². The molecule has 0 aliphatic carbocycles. The van der Waals surface area contributed by atoms with E-state index in [2.05, 4.69) is 53.8 Å². The molecule has 1 heterocycles. The van der Waals surface area contributed by atoms with Gasteiger partial charge in [-0.1, -0.05) is 30.3 Å². The Balaban J connectivity index is 0.00000312. The number of hydrogen-bond acceptors (Lipinski definition) is 3. The minimum atomic E-state index is 0. The number of rotatable bonds is 9. The van der Waals surface area contributed by atoms with Crippen molar-refractivity contribution in [3.05, 3.63) is 35.9 Å². The average molecular weight is 404 g/mol. The Morgan fingerprint density at radius 2 is 1.88 bits per heavy atom. The second-order valence-corrected chi connectivity index (χ2v) is 7.12. The highest BCUT2D eigenvalue weighted by molar-refractivity contribution is 5.85. The molecule has 0 aromatic heterocycles. The Kier molecular flexibility index (Phi) is 13.8. The zero-order valence-electron chi connectivity index (χ0n) is 16.1. The Hall–Kier alpha value is -0.810. The van der Waals surface area contributed by atoms with E-state index in [1.807, 2.05) is 6.07 Å². The van der Waals surface area contributed by atoms with E-state index in [0.29, 0.717) is 12.5 Å². The van der Waals surface area contributed by atoms with Crippen molar-refractivity contribution >= 4 is 30.7 Å². The molecule has 26 heavy (non-hydrogen) atoms. The van der Waals surface area contributed by atoms with Crippen LogP contribution in [0.4, 0.5) is 0 Å². The van der Waals surface area contributed by atoms with Gasteiger partial charge in [-0.25, -0.2) is 0 Å². The van der Waals surface area contributed by atoms with E-state index in [4.69, 9.17) is 0 Å². The summed E-state index contributed by atoms with van der Waals surface area (Å²) < 4.78 is 0. The maximum atomic E-state index is 12.0. The summed E-state index contributed by atoms with van der Waals surface area (Å²) in [4.78, 5) is 14.3. The van der Waals surface area contributed by atoms with Crippen molar-refractivity contribution in [3.8, 4) is 0 Å². The Morgan fingerprint density at radius 1 is 1.23 bits per heavy atom. The van der Waals surface area contributed by atoms with Gasteiger partial charge in [0.05, 0.1) is 0 Å². The van der Waals surface area contributed by atoms with Crippen LogP contribution in [0.25, 0.3) is 0 Å². The number of nitrogens with one attached hydrogen (secondary N) is 2. The lowest BCUT2D eigenvalue weighted by Crippen LogP contribution is -2.34. The SMILES string of the molecule is CC(CCNC(=O)CCC1CCNCC1)N(C)Cc1ccccc1.Cl.Cl. The number of benzene rings is 1. The van der Waals surface area contributed by atoms with Crippen molar-refractivity contribution < 1.29 is 4.79 Å². The van der Waals surface area contributed by atoms with Crippen LogP contribution in [0.15, 0.2) is 30.3 Å². The zero-order chi connectivity index (χ0) is 17.2. The van der Waals surface area contributed by atoms with Gasteiger partial charge in [-0.15, -0.1) is 24.8 Å². The maximum Gasteiger partial charge on any atom is 0.220 e. The minimum Gasteiger partial charge on any atom is -0.356 e. The highest BCUT2D eigenvalue weighted by Crippen LogP contribution is 2.17. The van der Waals surface area contributed by atoms with Crippen LogP contribution in [0.1, 0.15) is 44.6 Å². The Labute approximate surface area is 171 Å². The summed E-state index contributed by atoms with van der Waals surface area (Å²) in [6.07, 6.45) is 5.14. The second-order valence-electron chi connectivity index (χ2n) is 7.12. The summed E-state index contributed by atoms with van der Waals surface area (Å²) in [6.45, 7) is 6.16. The Bertz CT molecular complexity index is 481. The predicted molar refractivity (Wildman–Crippen MR) is 114 cm³/mol. The molecule has 1 aromatic carbocycles. The first-order valence-corrected chi connectivity index (χ1v) is 9.36. The van der Waals surface area contributed by atoms with Gasteiger partial charge in [0.1, 0.15) is 0 Å². The third kappa shape index (κ3) is 9.77. The van der Waals surface area contributed by atoms with E-state index < -0.39 is 0 Å². The topological polar surface area (TPSA) is 44.4 Å². The van der Waals surface area contributed by atoms with Crippen LogP contribution in [0, 0.1) is 5.92 Å². The Morgan fingerprint density at radius 3 is 2.54 bits per heavy atom. The van der Waals surface area contributed by atoms with E-state index in [1.165, 1.54) is 18.4 Å². The highest BCUT2D eigenvalue weighted by Gasteiger charge is 2.15.